The van der Waals surface area contributed by atoms with Gasteiger partial charge in [0.05, 0.1) is 16.8 Å². The number of halogens is 1. The molecule has 84 valence electrons. The highest BCUT2D eigenvalue weighted by atomic mass is 35.5. The summed E-state index contributed by atoms with van der Waals surface area (Å²) >= 11 is 6.07. The Kier molecular flexibility index (Phi) is 3.22. The highest BCUT2D eigenvalue weighted by molar-refractivity contribution is 6.32. The van der Waals surface area contributed by atoms with E-state index in [1.165, 1.54) is 0 Å². The fourth-order valence-corrected chi connectivity index (χ4v) is 1.65. The smallest absolute Gasteiger partial charge is 0.172 e. The normalized spacial score (nSPS) is 12.7. The molecule has 16 heavy (non-hydrogen) atoms. The van der Waals surface area contributed by atoms with Crippen molar-refractivity contribution in [3.63, 3.8) is 0 Å². The quantitative estimate of drug-likeness (QED) is 0.824. The minimum Gasteiger partial charge on any atom is -0.375 e. The van der Waals surface area contributed by atoms with Gasteiger partial charge in [-0.3, -0.25) is 0 Å². The van der Waals surface area contributed by atoms with E-state index in [9.17, 15) is 0 Å². The molecule has 0 N–H and O–H groups in total. The molecule has 0 aliphatic heterocycles. The van der Waals surface area contributed by atoms with Crippen LogP contribution in [0.3, 0.4) is 0 Å². The Labute approximate surface area is 98.8 Å². The van der Waals surface area contributed by atoms with Crippen LogP contribution < -0.4 is 0 Å². The Bertz CT molecular complexity index is 484. The molecule has 0 radical (unpaired) electrons. The molecule has 0 aliphatic carbocycles. The highest BCUT2D eigenvalue weighted by Crippen LogP contribution is 2.22. The van der Waals surface area contributed by atoms with Gasteiger partial charge in [0.2, 0.25) is 0 Å². The van der Waals surface area contributed by atoms with Crippen LogP contribution in [0.25, 0.3) is 5.82 Å². The van der Waals surface area contributed by atoms with Gasteiger partial charge in [0.15, 0.2) is 5.82 Å². The van der Waals surface area contributed by atoms with Crippen LogP contribution in [0, 0.1) is 0 Å². The molecule has 1 unspecified atom stereocenters. The van der Waals surface area contributed by atoms with Crippen LogP contribution in [0.1, 0.15) is 18.7 Å². The molecule has 1 atom stereocenters. The van der Waals surface area contributed by atoms with E-state index in [1.54, 1.807) is 36.3 Å². The highest BCUT2D eigenvalue weighted by Gasteiger charge is 2.14. The molecule has 2 heterocycles. The third-order valence-corrected chi connectivity index (χ3v) is 2.68. The maximum absolute atomic E-state index is 6.07. The summed E-state index contributed by atoms with van der Waals surface area (Å²) in [6.45, 7) is 1.95. The van der Waals surface area contributed by atoms with E-state index in [0.717, 1.165) is 5.69 Å². The number of pyridine rings is 1. The van der Waals surface area contributed by atoms with E-state index < -0.39 is 0 Å². The molecule has 0 fully saturated rings. The van der Waals surface area contributed by atoms with Crippen LogP contribution in [0.15, 0.2) is 30.6 Å². The van der Waals surface area contributed by atoms with Crippen molar-refractivity contribution < 1.29 is 4.74 Å². The van der Waals surface area contributed by atoms with Crippen molar-refractivity contribution in [1.29, 1.82) is 0 Å². The first-order valence-electron chi connectivity index (χ1n) is 4.91. The third kappa shape index (κ3) is 1.94. The first-order chi connectivity index (χ1) is 7.74. The van der Waals surface area contributed by atoms with Gasteiger partial charge < -0.3 is 4.74 Å². The van der Waals surface area contributed by atoms with Crippen LogP contribution >= 0.6 is 11.6 Å². The largest absolute Gasteiger partial charge is 0.375 e. The van der Waals surface area contributed by atoms with Crippen LogP contribution in [0.4, 0.5) is 0 Å². The van der Waals surface area contributed by atoms with Crippen LogP contribution in [0.5, 0.6) is 0 Å². The summed E-state index contributed by atoms with van der Waals surface area (Å²) < 4.78 is 6.96. The van der Waals surface area contributed by atoms with Gasteiger partial charge in [-0.05, 0) is 25.1 Å². The molecule has 0 aliphatic rings. The zero-order chi connectivity index (χ0) is 11.5. The minimum atomic E-state index is -0.0550. The SMILES string of the molecule is COC(C)c1ccnn1-c1ncccc1Cl. The topological polar surface area (TPSA) is 39.9 Å². The van der Waals surface area contributed by atoms with Crippen molar-refractivity contribution in [2.24, 2.45) is 0 Å². The molecule has 0 saturated carbocycles. The molecule has 2 rings (SSSR count). The van der Waals surface area contributed by atoms with Crippen molar-refractivity contribution >= 4 is 11.6 Å². The summed E-state index contributed by atoms with van der Waals surface area (Å²) in [5, 5.41) is 4.77. The number of methoxy groups -OCH3 is 1. The van der Waals surface area contributed by atoms with Crippen molar-refractivity contribution in [3.8, 4) is 5.82 Å². The average molecular weight is 238 g/mol. The molecule has 2 aromatic heterocycles. The number of ether oxygens (including phenoxy) is 1. The maximum atomic E-state index is 6.07. The third-order valence-electron chi connectivity index (χ3n) is 2.38. The van der Waals surface area contributed by atoms with Gasteiger partial charge in [0.1, 0.15) is 0 Å². The number of aromatic nitrogens is 3. The van der Waals surface area contributed by atoms with E-state index in [1.807, 2.05) is 13.0 Å². The van der Waals surface area contributed by atoms with E-state index in [0.29, 0.717) is 10.8 Å². The zero-order valence-corrected chi connectivity index (χ0v) is 9.85. The van der Waals surface area contributed by atoms with Gasteiger partial charge >= 0.3 is 0 Å². The predicted octanol–water partition coefficient (Wildman–Crippen LogP) is 2.63. The lowest BCUT2D eigenvalue weighted by atomic mass is 10.3. The van der Waals surface area contributed by atoms with Crippen molar-refractivity contribution in [2.45, 2.75) is 13.0 Å². The molecule has 0 aromatic carbocycles. The number of rotatable bonds is 3. The molecule has 0 bridgehead atoms. The van der Waals surface area contributed by atoms with Crippen molar-refractivity contribution in [1.82, 2.24) is 14.8 Å². The molecule has 0 spiro atoms. The van der Waals surface area contributed by atoms with E-state index in [2.05, 4.69) is 10.1 Å². The Morgan fingerprint density at radius 3 is 2.88 bits per heavy atom. The van der Waals surface area contributed by atoms with Gasteiger partial charge in [-0.25, -0.2) is 9.67 Å². The Balaban J connectivity index is 2.49. The summed E-state index contributed by atoms with van der Waals surface area (Å²) in [6, 6.07) is 5.46. The predicted molar refractivity (Wildman–Crippen MR) is 61.8 cm³/mol. The second-order valence-corrected chi connectivity index (χ2v) is 3.76. The van der Waals surface area contributed by atoms with Gasteiger partial charge in [-0.15, -0.1) is 0 Å². The van der Waals surface area contributed by atoms with E-state index in [4.69, 9.17) is 16.3 Å². The second-order valence-electron chi connectivity index (χ2n) is 3.35. The van der Waals surface area contributed by atoms with Crippen LogP contribution in [0.2, 0.25) is 5.02 Å². The Hall–Kier alpha value is -1.39. The van der Waals surface area contributed by atoms with Gasteiger partial charge in [0.25, 0.3) is 0 Å². The van der Waals surface area contributed by atoms with Crippen molar-refractivity contribution in [3.05, 3.63) is 41.3 Å². The zero-order valence-electron chi connectivity index (χ0n) is 9.09. The van der Waals surface area contributed by atoms with Crippen LogP contribution in [-0.2, 0) is 4.74 Å². The van der Waals surface area contributed by atoms with E-state index >= 15 is 0 Å². The first-order valence-corrected chi connectivity index (χ1v) is 5.29. The van der Waals surface area contributed by atoms with Gasteiger partial charge in [-0.2, -0.15) is 5.10 Å². The second kappa shape index (κ2) is 4.63. The molecular formula is C11H12ClN3O. The average Bonchev–Trinajstić information content (AvgIpc) is 2.77. The van der Waals surface area contributed by atoms with Crippen LogP contribution in [-0.4, -0.2) is 21.9 Å². The monoisotopic (exact) mass is 237 g/mol. The van der Waals surface area contributed by atoms with Gasteiger partial charge in [0, 0.05) is 19.5 Å². The Morgan fingerprint density at radius 1 is 1.38 bits per heavy atom. The Morgan fingerprint density at radius 2 is 2.19 bits per heavy atom. The number of nitrogens with zero attached hydrogens (tertiary/aromatic N) is 3. The molecule has 0 amide bonds. The lowest BCUT2D eigenvalue weighted by Gasteiger charge is -2.12. The molecule has 2 aromatic rings. The summed E-state index contributed by atoms with van der Waals surface area (Å²) in [6.07, 6.45) is 3.33. The fraction of sp³-hybridized carbons (Fsp3) is 0.273. The van der Waals surface area contributed by atoms with E-state index in [-0.39, 0.29) is 6.10 Å². The molecule has 4 nitrogen and oxygen atoms in total. The lowest BCUT2D eigenvalue weighted by molar-refractivity contribution is 0.113. The standard InChI is InChI=1S/C11H12ClN3O/c1-8(16-2)10-5-7-14-15(10)11-9(12)4-3-6-13-11/h3-8H,1-2H3. The molecular weight excluding hydrogens is 226 g/mol. The number of hydrogen-bond donors (Lipinski definition) is 0. The van der Waals surface area contributed by atoms with Gasteiger partial charge in [-0.1, -0.05) is 11.6 Å². The molecule has 0 saturated heterocycles. The lowest BCUT2D eigenvalue weighted by Crippen LogP contribution is -2.08. The summed E-state index contributed by atoms with van der Waals surface area (Å²) in [5.74, 6) is 0.619. The summed E-state index contributed by atoms with van der Waals surface area (Å²) in [4.78, 5) is 4.21. The molecule has 5 heteroatoms. The van der Waals surface area contributed by atoms with Crippen molar-refractivity contribution in [2.75, 3.05) is 7.11 Å². The first kappa shape index (κ1) is 11.1. The fourth-order valence-electron chi connectivity index (χ4n) is 1.45. The maximum Gasteiger partial charge on any atom is 0.172 e. The minimum absolute atomic E-state index is 0.0550. The summed E-state index contributed by atoms with van der Waals surface area (Å²) in [5.41, 5.74) is 0.920. The summed E-state index contributed by atoms with van der Waals surface area (Å²) in [7, 11) is 1.65. The number of hydrogen-bond acceptors (Lipinski definition) is 3.